The van der Waals surface area contributed by atoms with Gasteiger partial charge in [0.2, 0.25) is 5.91 Å². The monoisotopic (exact) mass is 373 g/mol. The number of likely N-dealkylation sites (tertiary alicyclic amines) is 1. The van der Waals surface area contributed by atoms with Crippen molar-refractivity contribution in [1.82, 2.24) is 15.2 Å². The molecule has 8 nitrogen and oxygen atoms in total. The summed E-state index contributed by atoms with van der Waals surface area (Å²) in [5.41, 5.74) is -0.145. The Bertz CT molecular complexity index is 708. The summed E-state index contributed by atoms with van der Waals surface area (Å²) in [6, 6.07) is 4.92. The lowest BCUT2D eigenvalue weighted by atomic mass is 10.0. The lowest BCUT2D eigenvalue weighted by Gasteiger charge is -2.35. The molecule has 1 aromatic heterocycles. The van der Waals surface area contributed by atoms with Crippen molar-refractivity contribution in [3.63, 3.8) is 0 Å². The average Bonchev–Trinajstić information content (AvgIpc) is 2.64. The maximum atomic E-state index is 12.6. The van der Waals surface area contributed by atoms with E-state index in [-0.39, 0.29) is 5.91 Å². The molecule has 0 aliphatic carbocycles. The van der Waals surface area contributed by atoms with Crippen LogP contribution < -0.4 is 10.6 Å². The van der Waals surface area contributed by atoms with Crippen LogP contribution in [0.25, 0.3) is 0 Å². The summed E-state index contributed by atoms with van der Waals surface area (Å²) in [5, 5.41) is 14.9. The molecular weight excluding hydrogens is 346 g/mol. The summed E-state index contributed by atoms with van der Waals surface area (Å²) < 4.78 is 5.42. The van der Waals surface area contributed by atoms with E-state index in [2.05, 4.69) is 21.7 Å². The number of nitrogens with zero attached hydrogens (tertiary/aromatic N) is 3. The van der Waals surface area contributed by atoms with Gasteiger partial charge in [-0.1, -0.05) is 0 Å². The minimum atomic E-state index is -0.597. The zero-order valence-corrected chi connectivity index (χ0v) is 16.1. The van der Waals surface area contributed by atoms with Crippen molar-refractivity contribution in [2.24, 2.45) is 0 Å². The molecule has 27 heavy (non-hydrogen) atoms. The molecule has 2 N–H and O–H groups in total. The number of nitriles is 1. The zero-order chi connectivity index (χ0) is 19.9. The molecule has 2 amide bonds. The minimum absolute atomic E-state index is 0.191. The largest absolute Gasteiger partial charge is 0.444 e. The number of carbonyl (C=O) groups is 2. The fourth-order valence-electron chi connectivity index (χ4n) is 2.86. The Kier molecular flexibility index (Phi) is 6.99. The van der Waals surface area contributed by atoms with Crippen LogP contribution in [-0.2, 0) is 9.53 Å². The van der Waals surface area contributed by atoms with Crippen molar-refractivity contribution in [2.75, 3.05) is 25.0 Å². The zero-order valence-electron chi connectivity index (χ0n) is 16.1. The van der Waals surface area contributed by atoms with Gasteiger partial charge in [-0.05, 0) is 52.2 Å². The lowest BCUT2D eigenvalue weighted by Crippen LogP contribution is -2.53. The minimum Gasteiger partial charge on any atom is -0.444 e. The maximum Gasteiger partial charge on any atom is 0.410 e. The number of hydrogen-bond acceptors (Lipinski definition) is 6. The normalized spacial score (nSPS) is 17.0. The summed E-state index contributed by atoms with van der Waals surface area (Å²) >= 11 is 0. The molecule has 1 unspecified atom stereocenters. The van der Waals surface area contributed by atoms with Crippen LogP contribution in [0.1, 0.15) is 45.6 Å². The molecule has 1 aliphatic heterocycles. The van der Waals surface area contributed by atoms with E-state index in [9.17, 15) is 9.59 Å². The highest BCUT2D eigenvalue weighted by Crippen LogP contribution is 2.20. The molecule has 0 saturated carbocycles. The van der Waals surface area contributed by atoms with E-state index in [4.69, 9.17) is 10.00 Å². The van der Waals surface area contributed by atoms with Crippen LogP contribution in [0.15, 0.2) is 18.3 Å². The Labute approximate surface area is 159 Å². The number of nitrogens with one attached hydrogen (secondary N) is 2. The number of piperidine rings is 1. The second-order valence-corrected chi connectivity index (χ2v) is 7.41. The van der Waals surface area contributed by atoms with Gasteiger partial charge in [0.1, 0.15) is 23.5 Å². The first-order valence-electron chi connectivity index (χ1n) is 9.18. The Morgan fingerprint density at radius 3 is 2.85 bits per heavy atom. The first-order valence-corrected chi connectivity index (χ1v) is 9.18. The van der Waals surface area contributed by atoms with E-state index in [1.165, 1.54) is 4.90 Å². The molecule has 1 aromatic rings. The fraction of sp³-hybridized carbons (Fsp3) is 0.579. The highest BCUT2D eigenvalue weighted by Gasteiger charge is 2.34. The number of aromatic nitrogens is 1. The molecule has 2 rings (SSSR count). The fourth-order valence-corrected chi connectivity index (χ4v) is 2.86. The first kappa shape index (κ1) is 20.5. The second-order valence-electron chi connectivity index (χ2n) is 7.41. The molecule has 1 fully saturated rings. The van der Waals surface area contributed by atoms with Crippen molar-refractivity contribution in [1.29, 1.82) is 5.26 Å². The van der Waals surface area contributed by atoms with Gasteiger partial charge in [0.05, 0.1) is 5.56 Å². The van der Waals surface area contributed by atoms with E-state index >= 15 is 0 Å². The molecule has 0 aromatic carbocycles. The summed E-state index contributed by atoms with van der Waals surface area (Å²) in [4.78, 5) is 30.6. The van der Waals surface area contributed by atoms with Crippen molar-refractivity contribution in [3.8, 4) is 6.07 Å². The molecule has 1 aliphatic rings. The van der Waals surface area contributed by atoms with E-state index in [0.29, 0.717) is 37.4 Å². The SMILES string of the molecule is CC(C)(C)OC(=O)N1CCCCC1C(=O)NCCNc1ncccc1C#N. The van der Waals surface area contributed by atoms with Gasteiger partial charge in [-0.2, -0.15) is 5.26 Å². The van der Waals surface area contributed by atoms with Crippen molar-refractivity contribution in [3.05, 3.63) is 23.9 Å². The molecule has 146 valence electrons. The van der Waals surface area contributed by atoms with Gasteiger partial charge in [-0.25, -0.2) is 9.78 Å². The van der Waals surface area contributed by atoms with E-state index < -0.39 is 17.7 Å². The van der Waals surface area contributed by atoms with Gasteiger partial charge < -0.3 is 15.4 Å². The first-order chi connectivity index (χ1) is 12.8. The van der Waals surface area contributed by atoms with Gasteiger partial charge in [0, 0.05) is 25.8 Å². The van der Waals surface area contributed by atoms with Crippen LogP contribution >= 0.6 is 0 Å². The van der Waals surface area contributed by atoms with Crippen LogP contribution in [0.5, 0.6) is 0 Å². The van der Waals surface area contributed by atoms with E-state index in [1.807, 2.05) is 20.8 Å². The molecule has 0 radical (unpaired) electrons. The number of rotatable bonds is 5. The third-order valence-corrected chi connectivity index (χ3v) is 4.08. The third kappa shape index (κ3) is 6.13. The van der Waals surface area contributed by atoms with Crippen molar-refractivity contribution in [2.45, 2.75) is 51.7 Å². The van der Waals surface area contributed by atoms with Gasteiger partial charge in [0.25, 0.3) is 0 Å². The van der Waals surface area contributed by atoms with Crippen molar-refractivity contribution < 1.29 is 14.3 Å². The number of carbonyl (C=O) groups excluding carboxylic acids is 2. The molecule has 0 bridgehead atoms. The summed E-state index contributed by atoms with van der Waals surface area (Å²) in [7, 11) is 0. The second kappa shape index (κ2) is 9.21. The van der Waals surface area contributed by atoms with Crippen molar-refractivity contribution >= 4 is 17.8 Å². The Morgan fingerprint density at radius 2 is 2.15 bits per heavy atom. The highest BCUT2D eigenvalue weighted by atomic mass is 16.6. The van der Waals surface area contributed by atoms with Gasteiger partial charge in [-0.3, -0.25) is 9.69 Å². The standard InChI is InChI=1S/C19H27N5O3/c1-19(2,3)27-18(26)24-12-5-4-8-15(24)17(25)23-11-10-22-16-14(13-20)7-6-9-21-16/h6-7,9,15H,4-5,8,10-12H2,1-3H3,(H,21,22)(H,23,25). The van der Waals surface area contributed by atoms with Gasteiger partial charge in [0.15, 0.2) is 0 Å². The quantitative estimate of drug-likeness (QED) is 0.767. The summed E-state index contributed by atoms with van der Waals surface area (Å²) in [5.74, 6) is 0.297. The smallest absolute Gasteiger partial charge is 0.410 e. The number of ether oxygens (including phenoxy) is 1. The maximum absolute atomic E-state index is 12.6. The summed E-state index contributed by atoms with van der Waals surface area (Å²) in [6.45, 7) is 6.73. The van der Waals surface area contributed by atoms with Crippen LogP contribution in [0.2, 0.25) is 0 Å². The molecular formula is C19H27N5O3. The summed E-state index contributed by atoms with van der Waals surface area (Å²) in [6.07, 6.45) is 3.53. The molecule has 1 atom stereocenters. The third-order valence-electron chi connectivity index (χ3n) is 4.08. The predicted octanol–water partition coefficient (Wildman–Crippen LogP) is 2.27. The van der Waals surface area contributed by atoms with Crippen LogP contribution in [-0.4, -0.2) is 53.2 Å². The van der Waals surface area contributed by atoms with E-state index in [1.54, 1.807) is 18.3 Å². The van der Waals surface area contributed by atoms with Gasteiger partial charge >= 0.3 is 6.09 Å². The molecule has 2 heterocycles. The van der Waals surface area contributed by atoms with Gasteiger partial charge in [-0.15, -0.1) is 0 Å². The molecule has 0 spiro atoms. The Hall–Kier alpha value is -2.82. The van der Waals surface area contributed by atoms with Crippen LogP contribution in [0.3, 0.4) is 0 Å². The molecule has 1 saturated heterocycles. The Morgan fingerprint density at radius 1 is 1.37 bits per heavy atom. The average molecular weight is 373 g/mol. The Balaban J connectivity index is 1.86. The number of amides is 2. The highest BCUT2D eigenvalue weighted by molar-refractivity contribution is 5.86. The number of pyridine rings is 1. The number of hydrogen-bond donors (Lipinski definition) is 2. The number of anilines is 1. The topological polar surface area (TPSA) is 107 Å². The van der Waals surface area contributed by atoms with Crippen LogP contribution in [0, 0.1) is 11.3 Å². The molecule has 8 heteroatoms. The lowest BCUT2D eigenvalue weighted by molar-refractivity contribution is -0.127. The van der Waals surface area contributed by atoms with E-state index in [0.717, 1.165) is 12.8 Å². The van der Waals surface area contributed by atoms with Crippen LogP contribution in [0.4, 0.5) is 10.6 Å². The predicted molar refractivity (Wildman–Crippen MR) is 101 cm³/mol.